The number of nitrogens with one attached hydrogen (secondary N) is 2. The number of hydrogen-bond donors (Lipinski definition) is 2. The lowest BCUT2D eigenvalue weighted by molar-refractivity contribution is -0.116. The molecule has 212 valence electrons. The number of amides is 2. The predicted molar refractivity (Wildman–Crippen MR) is 167 cm³/mol. The van der Waals surface area contributed by atoms with Gasteiger partial charge in [-0.15, -0.1) is 20.4 Å². The zero-order valence-electron chi connectivity index (χ0n) is 23.0. The Morgan fingerprint density at radius 3 is 1.67 bits per heavy atom. The van der Waals surface area contributed by atoms with E-state index in [0.29, 0.717) is 23.1 Å². The molecule has 3 aliphatic rings. The summed E-state index contributed by atoms with van der Waals surface area (Å²) in [6.45, 7) is 0. The van der Waals surface area contributed by atoms with Gasteiger partial charge in [0.05, 0.1) is 12.8 Å². The van der Waals surface area contributed by atoms with E-state index in [0.717, 1.165) is 70.8 Å². The van der Waals surface area contributed by atoms with Crippen molar-refractivity contribution in [2.45, 2.75) is 63.2 Å². The summed E-state index contributed by atoms with van der Waals surface area (Å²) in [7, 11) is 0. The van der Waals surface area contributed by atoms with E-state index in [-0.39, 0.29) is 23.7 Å². The number of fused-ring (bicyclic) bond motifs is 2. The normalized spacial score (nSPS) is 19.0. The fraction of sp³-hybridized carbons (Fsp3) is 0.312. The van der Waals surface area contributed by atoms with Gasteiger partial charge in [0.2, 0.25) is 22.1 Å². The molecule has 2 amide bonds. The Balaban J connectivity index is 0.931. The minimum absolute atomic E-state index is 0.0703. The number of anilines is 2. The number of hydrogen-bond acceptors (Lipinski definition) is 8. The van der Waals surface area contributed by atoms with Crippen molar-refractivity contribution in [2.24, 2.45) is 0 Å². The van der Waals surface area contributed by atoms with E-state index in [1.807, 2.05) is 24.3 Å². The molecule has 1 saturated carbocycles. The van der Waals surface area contributed by atoms with Crippen LogP contribution in [-0.4, -0.2) is 32.2 Å². The predicted octanol–water partition coefficient (Wildman–Crippen LogP) is 6.77. The van der Waals surface area contributed by atoms with Gasteiger partial charge in [-0.1, -0.05) is 89.8 Å². The minimum Gasteiger partial charge on any atom is -0.300 e. The van der Waals surface area contributed by atoms with Crippen LogP contribution in [0.2, 0.25) is 0 Å². The van der Waals surface area contributed by atoms with Gasteiger partial charge in [-0.2, -0.15) is 0 Å². The highest BCUT2D eigenvalue weighted by Gasteiger charge is 2.30. The van der Waals surface area contributed by atoms with E-state index >= 15 is 0 Å². The van der Waals surface area contributed by atoms with Gasteiger partial charge in [-0.25, -0.2) is 0 Å². The summed E-state index contributed by atoms with van der Waals surface area (Å²) >= 11 is 2.93. The summed E-state index contributed by atoms with van der Waals surface area (Å²) < 4.78 is 0. The van der Waals surface area contributed by atoms with Crippen molar-refractivity contribution in [1.29, 1.82) is 0 Å². The SMILES string of the molecule is O=C(CC1=CCc2ccccc21)Nc1nnc([C@@H]2CCC[C@@H](c3nnc(NC(=O)CC4=CCc5ccccc54)s3)C2)s1. The summed E-state index contributed by atoms with van der Waals surface area (Å²) in [5.41, 5.74) is 6.99. The molecule has 7 rings (SSSR count). The van der Waals surface area contributed by atoms with E-state index in [2.05, 4.69) is 67.4 Å². The van der Waals surface area contributed by atoms with E-state index in [9.17, 15) is 9.59 Å². The maximum atomic E-state index is 12.8. The maximum absolute atomic E-state index is 12.8. The summed E-state index contributed by atoms with van der Waals surface area (Å²) in [5, 5.41) is 26.3. The largest absolute Gasteiger partial charge is 0.300 e. The van der Waals surface area contributed by atoms with Crippen molar-refractivity contribution in [3.05, 3.63) is 93.0 Å². The molecular weight excluding hydrogens is 565 g/mol. The number of rotatable bonds is 8. The fourth-order valence-electron chi connectivity index (χ4n) is 6.26. The summed E-state index contributed by atoms with van der Waals surface area (Å²) in [6, 6.07) is 16.5. The Labute approximate surface area is 252 Å². The molecule has 0 bridgehead atoms. The van der Waals surface area contributed by atoms with Crippen LogP contribution >= 0.6 is 22.7 Å². The van der Waals surface area contributed by atoms with Gasteiger partial charge in [0.1, 0.15) is 10.0 Å². The number of benzene rings is 2. The summed E-state index contributed by atoms with van der Waals surface area (Å²) in [4.78, 5) is 25.5. The average molecular weight is 595 g/mol. The topological polar surface area (TPSA) is 110 Å². The van der Waals surface area contributed by atoms with Crippen LogP contribution in [0.4, 0.5) is 10.3 Å². The zero-order chi connectivity index (χ0) is 28.5. The Bertz CT molecular complexity index is 1600. The Morgan fingerprint density at radius 1 is 0.690 bits per heavy atom. The van der Waals surface area contributed by atoms with Gasteiger partial charge in [0.15, 0.2) is 0 Å². The van der Waals surface area contributed by atoms with Crippen LogP contribution in [0.1, 0.15) is 82.6 Å². The van der Waals surface area contributed by atoms with Crippen molar-refractivity contribution >= 4 is 55.9 Å². The molecule has 2 heterocycles. The third-order valence-electron chi connectivity index (χ3n) is 8.31. The number of carbonyl (C=O) groups is 2. The first-order valence-electron chi connectivity index (χ1n) is 14.4. The van der Waals surface area contributed by atoms with Crippen LogP contribution in [0, 0.1) is 0 Å². The lowest BCUT2D eigenvalue weighted by atomic mass is 9.82. The van der Waals surface area contributed by atoms with Gasteiger partial charge in [0, 0.05) is 11.8 Å². The second-order valence-electron chi connectivity index (χ2n) is 11.1. The molecule has 4 aromatic rings. The number of carbonyl (C=O) groups excluding carboxylic acids is 2. The molecule has 10 heteroatoms. The third-order valence-corrected chi connectivity index (χ3v) is 10.3. The van der Waals surface area contributed by atoms with Crippen molar-refractivity contribution in [2.75, 3.05) is 10.6 Å². The van der Waals surface area contributed by atoms with Crippen molar-refractivity contribution < 1.29 is 9.59 Å². The van der Waals surface area contributed by atoms with E-state index in [1.165, 1.54) is 33.8 Å². The molecule has 42 heavy (non-hydrogen) atoms. The molecule has 0 spiro atoms. The minimum atomic E-state index is -0.0703. The Hall–Kier alpha value is -4.02. The Morgan fingerprint density at radius 2 is 1.17 bits per heavy atom. The third kappa shape index (κ3) is 5.69. The first-order chi connectivity index (χ1) is 20.6. The lowest BCUT2D eigenvalue weighted by Gasteiger charge is -2.25. The van der Waals surface area contributed by atoms with Crippen LogP contribution in [0.5, 0.6) is 0 Å². The smallest absolute Gasteiger partial charge is 0.230 e. The fourth-order valence-corrected chi connectivity index (χ4v) is 8.07. The lowest BCUT2D eigenvalue weighted by Crippen LogP contribution is -2.13. The van der Waals surface area contributed by atoms with Crippen molar-refractivity contribution in [3.8, 4) is 0 Å². The van der Waals surface area contributed by atoms with Crippen LogP contribution in [0.3, 0.4) is 0 Å². The maximum Gasteiger partial charge on any atom is 0.230 e. The first-order valence-corrected chi connectivity index (χ1v) is 16.0. The highest BCUT2D eigenvalue weighted by molar-refractivity contribution is 7.15. The van der Waals surface area contributed by atoms with Crippen LogP contribution in [-0.2, 0) is 22.4 Å². The first kappa shape index (κ1) is 26.9. The standard InChI is InChI=1S/C32H30N6O2S2/c39-27(17-21-14-12-19-6-1-3-10-25(19)21)33-31-37-35-29(41-31)23-8-5-9-24(16-23)30-36-38-32(42-30)34-28(40)18-22-15-13-20-7-2-4-11-26(20)22/h1-4,6-7,10-11,14-15,23-24H,5,8-9,12-13,16-18H2,(H,33,37,39)(H,34,38,40)/t23-,24-/m1/s1. The Kier molecular flexibility index (Phi) is 7.48. The van der Waals surface area contributed by atoms with E-state index < -0.39 is 0 Å². The quantitative estimate of drug-likeness (QED) is 0.233. The summed E-state index contributed by atoms with van der Waals surface area (Å²) in [6.07, 6.45) is 10.7. The molecule has 2 aromatic carbocycles. The molecule has 0 radical (unpaired) electrons. The van der Waals surface area contributed by atoms with Gasteiger partial charge in [0.25, 0.3) is 0 Å². The highest BCUT2D eigenvalue weighted by atomic mass is 32.1. The molecule has 0 aliphatic heterocycles. The molecule has 3 aliphatic carbocycles. The number of nitrogens with zero attached hydrogens (tertiary/aromatic N) is 4. The molecule has 2 aromatic heterocycles. The summed E-state index contributed by atoms with van der Waals surface area (Å²) in [5.74, 6) is 0.373. The molecule has 2 N–H and O–H groups in total. The average Bonchev–Trinajstić information content (AvgIpc) is 3.82. The molecule has 0 saturated heterocycles. The second-order valence-corrected chi connectivity index (χ2v) is 13.1. The van der Waals surface area contributed by atoms with Crippen molar-refractivity contribution in [3.63, 3.8) is 0 Å². The van der Waals surface area contributed by atoms with Crippen LogP contribution < -0.4 is 10.6 Å². The van der Waals surface area contributed by atoms with Gasteiger partial charge in [-0.3, -0.25) is 9.59 Å². The zero-order valence-corrected chi connectivity index (χ0v) is 24.6. The number of allylic oxidation sites excluding steroid dienone is 2. The molecule has 8 nitrogen and oxygen atoms in total. The van der Waals surface area contributed by atoms with E-state index in [1.54, 1.807) is 0 Å². The van der Waals surface area contributed by atoms with Crippen LogP contribution in [0.15, 0.2) is 60.7 Å². The van der Waals surface area contributed by atoms with E-state index in [4.69, 9.17) is 0 Å². The highest BCUT2D eigenvalue weighted by Crippen LogP contribution is 2.43. The molecular formula is C32H30N6O2S2. The molecule has 0 unspecified atom stereocenters. The molecule has 1 fully saturated rings. The second kappa shape index (κ2) is 11.7. The molecule has 2 atom stereocenters. The van der Waals surface area contributed by atoms with Gasteiger partial charge in [-0.05, 0) is 65.5 Å². The van der Waals surface area contributed by atoms with Crippen molar-refractivity contribution in [1.82, 2.24) is 20.4 Å². The monoisotopic (exact) mass is 594 g/mol. The number of aromatic nitrogens is 4. The van der Waals surface area contributed by atoms with Gasteiger partial charge >= 0.3 is 0 Å². The van der Waals surface area contributed by atoms with Crippen LogP contribution in [0.25, 0.3) is 11.1 Å². The van der Waals surface area contributed by atoms with Gasteiger partial charge < -0.3 is 10.6 Å².